The number of nitrogens with one attached hydrogen (secondary N) is 2. The molecule has 2 N–H and O–H groups in total. The number of esters is 1. The van der Waals surface area contributed by atoms with Crippen LogP contribution in [0.1, 0.15) is 28.1 Å². The van der Waals surface area contributed by atoms with Crippen LogP contribution in [-0.4, -0.2) is 30.9 Å². The van der Waals surface area contributed by atoms with Gasteiger partial charge in [-0.25, -0.2) is 0 Å². The van der Waals surface area contributed by atoms with Gasteiger partial charge >= 0.3 is 5.97 Å². The Labute approximate surface area is 145 Å². The Morgan fingerprint density at radius 2 is 1.84 bits per heavy atom. The van der Waals surface area contributed by atoms with E-state index in [9.17, 15) is 14.4 Å². The zero-order valence-electron chi connectivity index (χ0n) is 14.1. The quantitative estimate of drug-likeness (QED) is 0.751. The molecule has 0 radical (unpaired) electrons. The molecule has 7 nitrogen and oxygen atoms in total. The molecule has 2 aromatic rings. The molecule has 2 amide bonds. The van der Waals surface area contributed by atoms with Gasteiger partial charge in [0.15, 0.2) is 12.4 Å². The van der Waals surface area contributed by atoms with E-state index >= 15 is 0 Å². The van der Waals surface area contributed by atoms with Gasteiger partial charge in [-0.1, -0.05) is 6.07 Å². The summed E-state index contributed by atoms with van der Waals surface area (Å²) in [6.45, 7) is 3.58. The molecule has 0 bridgehead atoms. The molecule has 132 valence electrons. The monoisotopic (exact) mass is 344 g/mol. The summed E-state index contributed by atoms with van der Waals surface area (Å²) in [5, 5.41) is 5.20. The second-order valence-corrected chi connectivity index (χ2v) is 5.57. The number of anilines is 1. The number of hydrogen-bond donors (Lipinski definition) is 2. The number of ether oxygens (including phenoxy) is 1. The van der Waals surface area contributed by atoms with Crippen molar-refractivity contribution in [3.05, 3.63) is 53.5 Å². The lowest BCUT2D eigenvalue weighted by atomic mass is 10.1. The third-order valence-corrected chi connectivity index (χ3v) is 3.23. The predicted octanol–water partition coefficient (Wildman–Crippen LogP) is 2.20. The molecule has 0 aliphatic rings. The first kappa shape index (κ1) is 18.3. The molecule has 1 heterocycles. The maximum atomic E-state index is 11.8. The number of amides is 2. The summed E-state index contributed by atoms with van der Waals surface area (Å²) < 4.78 is 9.81. The van der Waals surface area contributed by atoms with Crippen LogP contribution in [0.2, 0.25) is 0 Å². The van der Waals surface area contributed by atoms with Crippen LogP contribution in [0.4, 0.5) is 5.69 Å². The predicted molar refractivity (Wildman–Crippen MR) is 91.2 cm³/mol. The van der Waals surface area contributed by atoms with E-state index in [0.717, 1.165) is 11.1 Å². The highest BCUT2D eigenvalue weighted by atomic mass is 16.5. The first-order chi connectivity index (χ1) is 11.9. The van der Waals surface area contributed by atoms with Gasteiger partial charge in [0.05, 0.1) is 12.7 Å². The average molecular weight is 344 g/mol. The van der Waals surface area contributed by atoms with Crippen molar-refractivity contribution in [3.63, 3.8) is 0 Å². The van der Waals surface area contributed by atoms with E-state index in [1.54, 1.807) is 6.07 Å². The first-order valence-electron chi connectivity index (χ1n) is 7.79. The summed E-state index contributed by atoms with van der Waals surface area (Å²) in [5.41, 5.74) is 2.71. The van der Waals surface area contributed by atoms with Crippen LogP contribution >= 0.6 is 0 Å². The van der Waals surface area contributed by atoms with Crippen LogP contribution in [0.5, 0.6) is 0 Å². The number of carbonyl (C=O) groups is 3. The van der Waals surface area contributed by atoms with Crippen molar-refractivity contribution in [2.24, 2.45) is 0 Å². The summed E-state index contributed by atoms with van der Waals surface area (Å²) in [6.07, 6.45) is 1.35. The average Bonchev–Trinajstić information content (AvgIpc) is 3.06. The molecule has 0 saturated carbocycles. The van der Waals surface area contributed by atoms with Crippen molar-refractivity contribution in [1.29, 1.82) is 0 Å². The third kappa shape index (κ3) is 6.14. The molecule has 0 saturated heterocycles. The topological polar surface area (TPSA) is 97.6 Å². The highest BCUT2D eigenvalue weighted by molar-refractivity contribution is 5.93. The fourth-order valence-corrected chi connectivity index (χ4v) is 2.24. The standard InChI is InChI=1S/C18H20N2O5/c1-12-8-13(2)10-14(9-12)20-16(21)11-25-17(22)5-6-19-18(23)15-4-3-7-24-15/h3-4,7-10H,5-6,11H2,1-2H3,(H,19,23)(H,20,21). The van der Waals surface area contributed by atoms with Crippen molar-refractivity contribution < 1.29 is 23.5 Å². The Morgan fingerprint density at radius 3 is 2.48 bits per heavy atom. The van der Waals surface area contributed by atoms with Gasteiger partial charge in [-0.2, -0.15) is 0 Å². The molecule has 7 heteroatoms. The van der Waals surface area contributed by atoms with Crippen LogP contribution in [-0.2, 0) is 14.3 Å². The number of furan rings is 1. The third-order valence-electron chi connectivity index (χ3n) is 3.23. The van der Waals surface area contributed by atoms with E-state index in [4.69, 9.17) is 9.15 Å². The minimum atomic E-state index is -0.574. The van der Waals surface area contributed by atoms with Crippen LogP contribution in [0, 0.1) is 13.8 Å². The lowest BCUT2D eigenvalue weighted by Crippen LogP contribution is -2.27. The van der Waals surface area contributed by atoms with E-state index < -0.39 is 17.8 Å². The molecule has 0 atom stereocenters. The molecule has 2 rings (SSSR count). The summed E-state index contributed by atoms with van der Waals surface area (Å²) in [7, 11) is 0. The normalized spacial score (nSPS) is 10.2. The molecule has 0 unspecified atom stereocenters. The number of carbonyl (C=O) groups excluding carboxylic acids is 3. The fourth-order valence-electron chi connectivity index (χ4n) is 2.24. The minimum absolute atomic E-state index is 0.0384. The molecule has 0 aliphatic heterocycles. The first-order valence-corrected chi connectivity index (χ1v) is 7.79. The zero-order chi connectivity index (χ0) is 18.2. The molecule has 0 aliphatic carbocycles. The maximum absolute atomic E-state index is 11.8. The molecule has 0 fully saturated rings. The summed E-state index contributed by atoms with van der Waals surface area (Å²) >= 11 is 0. The minimum Gasteiger partial charge on any atom is -0.459 e. The Balaban J connectivity index is 1.67. The van der Waals surface area contributed by atoms with Crippen molar-refractivity contribution in [3.8, 4) is 0 Å². The van der Waals surface area contributed by atoms with Crippen molar-refractivity contribution >= 4 is 23.5 Å². The molecule has 1 aromatic heterocycles. The lowest BCUT2D eigenvalue weighted by Gasteiger charge is -2.08. The van der Waals surface area contributed by atoms with Crippen molar-refractivity contribution in [1.82, 2.24) is 5.32 Å². The zero-order valence-corrected chi connectivity index (χ0v) is 14.1. The Morgan fingerprint density at radius 1 is 1.12 bits per heavy atom. The Kier molecular flexibility index (Phi) is 6.33. The van der Waals surface area contributed by atoms with Gasteiger partial charge < -0.3 is 19.8 Å². The Hall–Kier alpha value is -3.09. The van der Waals surface area contributed by atoms with Gasteiger partial charge in [0.1, 0.15) is 0 Å². The number of benzene rings is 1. The van der Waals surface area contributed by atoms with E-state index in [1.165, 1.54) is 12.3 Å². The van der Waals surface area contributed by atoms with Gasteiger partial charge in [-0.3, -0.25) is 14.4 Å². The molecular formula is C18H20N2O5. The van der Waals surface area contributed by atoms with E-state index in [-0.39, 0.29) is 25.3 Å². The van der Waals surface area contributed by atoms with E-state index in [2.05, 4.69) is 10.6 Å². The Bertz CT molecular complexity index is 733. The van der Waals surface area contributed by atoms with E-state index in [1.807, 2.05) is 32.0 Å². The summed E-state index contributed by atoms with van der Waals surface area (Å²) in [5.74, 6) is -1.24. The SMILES string of the molecule is Cc1cc(C)cc(NC(=O)COC(=O)CCNC(=O)c2ccco2)c1. The lowest BCUT2D eigenvalue weighted by molar-refractivity contribution is -0.147. The molecule has 0 spiro atoms. The summed E-state index contributed by atoms with van der Waals surface area (Å²) in [6, 6.07) is 8.77. The smallest absolute Gasteiger partial charge is 0.308 e. The number of aryl methyl sites for hydroxylation is 2. The van der Waals surface area contributed by atoms with Gasteiger partial charge in [-0.15, -0.1) is 0 Å². The van der Waals surface area contributed by atoms with Gasteiger partial charge in [-0.05, 0) is 49.2 Å². The summed E-state index contributed by atoms with van der Waals surface area (Å²) in [4.78, 5) is 35.0. The van der Waals surface area contributed by atoms with Crippen LogP contribution in [0.15, 0.2) is 41.0 Å². The highest BCUT2D eigenvalue weighted by Crippen LogP contribution is 2.13. The van der Waals surface area contributed by atoms with Gasteiger partial charge in [0.25, 0.3) is 11.8 Å². The second-order valence-electron chi connectivity index (χ2n) is 5.57. The van der Waals surface area contributed by atoms with Gasteiger partial charge in [0.2, 0.25) is 0 Å². The largest absolute Gasteiger partial charge is 0.459 e. The number of hydrogen-bond acceptors (Lipinski definition) is 5. The maximum Gasteiger partial charge on any atom is 0.308 e. The van der Waals surface area contributed by atoms with Crippen LogP contribution in [0.3, 0.4) is 0 Å². The van der Waals surface area contributed by atoms with E-state index in [0.29, 0.717) is 5.69 Å². The molecular weight excluding hydrogens is 324 g/mol. The molecule has 1 aromatic carbocycles. The van der Waals surface area contributed by atoms with Crippen LogP contribution in [0.25, 0.3) is 0 Å². The van der Waals surface area contributed by atoms with Crippen LogP contribution < -0.4 is 10.6 Å². The highest BCUT2D eigenvalue weighted by Gasteiger charge is 2.11. The number of rotatable bonds is 7. The van der Waals surface area contributed by atoms with Crippen molar-refractivity contribution in [2.75, 3.05) is 18.5 Å². The molecule has 25 heavy (non-hydrogen) atoms. The second kappa shape index (κ2) is 8.68. The van der Waals surface area contributed by atoms with Gasteiger partial charge in [0, 0.05) is 12.2 Å². The fraction of sp³-hybridized carbons (Fsp3) is 0.278. The van der Waals surface area contributed by atoms with Crippen molar-refractivity contribution in [2.45, 2.75) is 20.3 Å².